The molecule has 7 heteroatoms. The quantitative estimate of drug-likeness (QED) is 0.725. The van der Waals surface area contributed by atoms with E-state index in [0.29, 0.717) is 6.54 Å². The van der Waals surface area contributed by atoms with Gasteiger partial charge in [-0.3, -0.25) is 4.79 Å². The SMILES string of the molecule is CCCC#Cc1ccc([C@@H]2[C@@H](CO)N3C(=O)CN(C(=O)Nc4ccccc4F)C[C@@H]23)cc1. The molecule has 3 amide bonds. The van der Waals surface area contributed by atoms with Crippen LogP contribution in [0.1, 0.15) is 36.8 Å². The summed E-state index contributed by atoms with van der Waals surface area (Å²) in [6.45, 7) is 2.14. The van der Waals surface area contributed by atoms with E-state index in [0.717, 1.165) is 24.0 Å². The van der Waals surface area contributed by atoms with Crippen molar-refractivity contribution in [3.63, 3.8) is 0 Å². The number of carbonyl (C=O) groups excluding carboxylic acids is 2. The Labute approximate surface area is 187 Å². The number of para-hydroxylation sites is 1. The summed E-state index contributed by atoms with van der Waals surface area (Å²) in [6, 6.07) is 12.7. The molecule has 0 aliphatic carbocycles. The average molecular weight is 435 g/mol. The van der Waals surface area contributed by atoms with Gasteiger partial charge in [0, 0.05) is 24.4 Å². The smallest absolute Gasteiger partial charge is 0.322 e. The second-order valence-electron chi connectivity index (χ2n) is 8.11. The van der Waals surface area contributed by atoms with E-state index >= 15 is 0 Å². The average Bonchev–Trinajstić information content (AvgIpc) is 2.78. The van der Waals surface area contributed by atoms with Crippen molar-refractivity contribution in [3.05, 3.63) is 65.5 Å². The molecule has 2 aliphatic rings. The zero-order valence-corrected chi connectivity index (χ0v) is 17.9. The molecular weight excluding hydrogens is 409 g/mol. The van der Waals surface area contributed by atoms with E-state index in [2.05, 4.69) is 24.1 Å². The van der Waals surface area contributed by atoms with Gasteiger partial charge in [-0.1, -0.05) is 43.0 Å². The van der Waals surface area contributed by atoms with Crippen molar-refractivity contribution in [3.8, 4) is 11.8 Å². The Morgan fingerprint density at radius 2 is 1.97 bits per heavy atom. The number of carbonyl (C=O) groups is 2. The molecular formula is C25H26FN3O3. The minimum atomic E-state index is -0.533. The molecule has 2 heterocycles. The molecule has 2 aromatic carbocycles. The van der Waals surface area contributed by atoms with E-state index in [-0.39, 0.29) is 42.7 Å². The first-order valence-corrected chi connectivity index (χ1v) is 10.8. The van der Waals surface area contributed by atoms with Crippen LogP contribution in [0.2, 0.25) is 0 Å². The lowest BCUT2D eigenvalue weighted by molar-refractivity contribution is -0.159. The lowest BCUT2D eigenvalue weighted by Gasteiger charge is -2.58. The number of benzene rings is 2. The van der Waals surface area contributed by atoms with Crippen LogP contribution < -0.4 is 5.32 Å². The highest BCUT2D eigenvalue weighted by Gasteiger charge is 2.54. The van der Waals surface area contributed by atoms with Crippen molar-refractivity contribution in [2.24, 2.45) is 0 Å². The zero-order chi connectivity index (χ0) is 22.7. The Bertz CT molecular complexity index is 1060. The third-order valence-electron chi connectivity index (χ3n) is 6.06. The largest absolute Gasteiger partial charge is 0.394 e. The minimum absolute atomic E-state index is 0.0746. The molecule has 0 bridgehead atoms. The van der Waals surface area contributed by atoms with Crippen molar-refractivity contribution < 1.29 is 19.1 Å². The molecule has 0 unspecified atom stereocenters. The molecule has 0 aromatic heterocycles. The molecule has 2 saturated heterocycles. The number of piperazine rings is 1. The van der Waals surface area contributed by atoms with Gasteiger partial charge in [-0.05, 0) is 36.2 Å². The van der Waals surface area contributed by atoms with Crippen LogP contribution in [0.3, 0.4) is 0 Å². The fourth-order valence-electron chi connectivity index (χ4n) is 4.49. The van der Waals surface area contributed by atoms with Gasteiger partial charge in [0.05, 0.1) is 24.4 Å². The van der Waals surface area contributed by atoms with Gasteiger partial charge in [-0.15, -0.1) is 0 Å². The second kappa shape index (κ2) is 9.41. The van der Waals surface area contributed by atoms with Crippen molar-refractivity contribution in [2.45, 2.75) is 37.8 Å². The van der Waals surface area contributed by atoms with Gasteiger partial charge < -0.3 is 20.2 Å². The van der Waals surface area contributed by atoms with Crippen molar-refractivity contribution in [1.82, 2.24) is 9.80 Å². The van der Waals surface area contributed by atoms with Gasteiger partial charge in [0.25, 0.3) is 0 Å². The van der Waals surface area contributed by atoms with E-state index < -0.39 is 11.8 Å². The highest BCUT2D eigenvalue weighted by Crippen LogP contribution is 2.43. The summed E-state index contributed by atoms with van der Waals surface area (Å²) < 4.78 is 13.9. The molecule has 2 aromatic rings. The molecule has 6 nitrogen and oxygen atoms in total. The number of hydrogen-bond donors (Lipinski definition) is 2. The Morgan fingerprint density at radius 1 is 1.22 bits per heavy atom. The van der Waals surface area contributed by atoms with Gasteiger partial charge in [0.15, 0.2) is 0 Å². The van der Waals surface area contributed by atoms with Gasteiger partial charge in [-0.2, -0.15) is 0 Å². The van der Waals surface area contributed by atoms with Crippen molar-refractivity contribution in [2.75, 3.05) is 25.0 Å². The number of nitrogens with one attached hydrogen (secondary N) is 1. The first-order chi connectivity index (χ1) is 15.5. The van der Waals surface area contributed by atoms with Gasteiger partial charge in [0.2, 0.25) is 5.91 Å². The molecule has 3 atom stereocenters. The third kappa shape index (κ3) is 4.19. The number of aliphatic hydroxyl groups excluding tert-OH is 1. The molecule has 4 rings (SSSR count). The van der Waals surface area contributed by atoms with E-state index in [1.54, 1.807) is 17.0 Å². The highest BCUT2D eigenvalue weighted by molar-refractivity contribution is 5.93. The van der Waals surface area contributed by atoms with Crippen molar-refractivity contribution in [1.29, 1.82) is 0 Å². The lowest BCUT2D eigenvalue weighted by atomic mass is 9.73. The number of nitrogens with zero attached hydrogens (tertiary/aromatic N) is 2. The summed E-state index contributed by atoms with van der Waals surface area (Å²) in [6.07, 6.45) is 1.86. The van der Waals surface area contributed by atoms with Crippen LogP contribution in [0, 0.1) is 17.7 Å². The summed E-state index contributed by atoms with van der Waals surface area (Å²) in [7, 11) is 0. The predicted molar refractivity (Wildman–Crippen MR) is 119 cm³/mol. The van der Waals surface area contributed by atoms with Crippen LogP contribution in [0.4, 0.5) is 14.9 Å². The summed E-state index contributed by atoms with van der Waals surface area (Å²) in [4.78, 5) is 28.5. The standard InChI is InChI=1S/C25H26FN3O3/c1-2-3-4-7-17-10-12-18(13-11-17)24-21-14-28(15-23(31)29(21)22(24)16-30)25(32)27-20-9-6-5-8-19(20)26/h5-6,8-13,21-22,24,30H,2-3,14-16H2,1H3,(H,27,32)/t21-,22+,24-/m0/s1. The van der Waals surface area contributed by atoms with Gasteiger partial charge in [-0.25, -0.2) is 9.18 Å². The monoisotopic (exact) mass is 435 g/mol. The van der Waals surface area contributed by atoms with Crippen LogP contribution in [-0.4, -0.2) is 58.6 Å². The van der Waals surface area contributed by atoms with Crippen LogP contribution in [0.15, 0.2) is 48.5 Å². The summed E-state index contributed by atoms with van der Waals surface area (Å²) in [5.41, 5.74) is 1.99. The Morgan fingerprint density at radius 3 is 2.66 bits per heavy atom. The molecule has 0 radical (unpaired) electrons. The number of rotatable bonds is 4. The number of fused-ring (bicyclic) bond motifs is 1. The first kappa shape index (κ1) is 21.8. The number of anilines is 1. The maximum atomic E-state index is 13.9. The fraction of sp³-hybridized carbons (Fsp3) is 0.360. The number of unbranched alkanes of at least 4 members (excludes halogenated alkanes) is 1. The predicted octanol–water partition coefficient (Wildman–Crippen LogP) is 3.18. The Balaban J connectivity index is 1.50. The van der Waals surface area contributed by atoms with E-state index in [4.69, 9.17) is 0 Å². The molecule has 166 valence electrons. The molecule has 32 heavy (non-hydrogen) atoms. The molecule has 2 N–H and O–H groups in total. The van der Waals surface area contributed by atoms with E-state index in [1.807, 2.05) is 24.3 Å². The Kier molecular flexibility index (Phi) is 6.42. The first-order valence-electron chi connectivity index (χ1n) is 10.8. The number of aliphatic hydroxyl groups is 1. The zero-order valence-electron chi connectivity index (χ0n) is 17.9. The summed E-state index contributed by atoms with van der Waals surface area (Å²) in [5, 5.41) is 12.5. The lowest BCUT2D eigenvalue weighted by Crippen LogP contribution is -2.73. The number of hydrogen-bond acceptors (Lipinski definition) is 3. The van der Waals surface area contributed by atoms with Crippen LogP contribution in [-0.2, 0) is 4.79 Å². The topological polar surface area (TPSA) is 72.9 Å². The van der Waals surface area contributed by atoms with Crippen LogP contribution in [0.25, 0.3) is 0 Å². The Hall–Kier alpha value is -3.37. The summed E-state index contributed by atoms with van der Waals surface area (Å²) >= 11 is 0. The van der Waals surface area contributed by atoms with E-state index in [9.17, 15) is 19.1 Å². The molecule has 2 aliphatic heterocycles. The number of amides is 3. The summed E-state index contributed by atoms with van der Waals surface area (Å²) in [5.74, 6) is 5.41. The van der Waals surface area contributed by atoms with Gasteiger partial charge in [0.1, 0.15) is 12.4 Å². The molecule has 0 spiro atoms. The second-order valence-corrected chi connectivity index (χ2v) is 8.11. The van der Waals surface area contributed by atoms with Crippen LogP contribution >= 0.6 is 0 Å². The number of urea groups is 1. The minimum Gasteiger partial charge on any atom is -0.394 e. The maximum absolute atomic E-state index is 13.9. The maximum Gasteiger partial charge on any atom is 0.322 e. The van der Waals surface area contributed by atoms with Crippen LogP contribution in [0.5, 0.6) is 0 Å². The molecule has 0 saturated carbocycles. The normalized spacial score (nSPS) is 21.8. The fourth-order valence-corrected chi connectivity index (χ4v) is 4.49. The highest BCUT2D eigenvalue weighted by atomic mass is 19.1. The van der Waals surface area contributed by atoms with Crippen molar-refractivity contribution >= 4 is 17.6 Å². The van der Waals surface area contributed by atoms with E-state index in [1.165, 1.54) is 17.0 Å². The van der Waals surface area contributed by atoms with Gasteiger partial charge >= 0.3 is 6.03 Å². The molecule has 2 fully saturated rings. The third-order valence-corrected chi connectivity index (χ3v) is 6.06. The number of halogens is 1.